The third kappa shape index (κ3) is 4.12. The number of para-hydroxylation sites is 2. The molecular formula is C25H27N3OS. The van der Waals surface area contributed by atoms with Crippen molar-refractivity contribution in [2.24, 2.45) is 0 Å². The molecule has 4 rings (SSSR count). The van der Waals surface area contributed by atoms with Gasteiger partial charge in [0.25, 0.3) is 0 Å². The van der Waals surface area contributed by atoms with Crippen LogP contribution in [-0.2, 0) is 0 Å². The third-order valence-electron chi connectivity index (χ3n) is 5.23. The first-order valence-corrected chi connectivity index (χ1v) is 11.4. The van der Waals surface area contributed by atoms with Gasteiger partial charge in [-0.1, -0.05) is 56.2 Å². The molecule has 0 radical (unpaired) electrons. The van der Waals surface area contributed by atoms with Gasteiger partial charge < -0.3 is 10.6 Å². The maximum absolute atomic E-state index is 13.1. The van der Waals surface area contributed by atoms with E-state index in [4.69, 9.17) is 0 Å². The summed E-state index contributed by atoms with van der Waals surface area (Å²) in [6, 6.07) is 20.0. The minimum absolute atomic E-state index is 0.0347. The van der Waals surface area contributed by atoms with Crippen LogP contribution < -0.4 is 16.1 Å². The highest BCUT2D eigenvalue weighted by Gasteiger charge is 2.17. The number of thiophene rings is 1. The normalized spacial score (nSPS) is 11.0. The topological polar surface area (TPSA) is 46.1 Å². The first-order valence-electron chi connectivity index (χ1n) is 10.5. The van der Waals surface area contributed by atoms with Crippen molar-refractivity contribution < 1.29 is 0 Å². The molecule has 154 valence electrons. The summed E-state index contributed by atoms with van der Waals surface area (Å²) in [5.74, 6) is 0.771. The van der Waals surface area contributed by atoms with Crippen molar-refractivity contribution in [3.05, 3.63) is 81.8 Å². The molecule has 0 unspecified atom stereocenters. The molecule has 0 saturated carbocycles. The van der Waals surface area contributed by atoms with E-state index in [2.05, 4.69) is 46.6 Å². The summed E-state index contributed by atoms with van der Waals surface area (Å²) in [5.41, 5.74) is 4.15. The molecule has 2 aromatic heterocycles. The van der Waals surface area contributed by atoms with Gasteiger partial charge in [-0.25, -0.2) is 0 Å². The molecule has 2 N–H and O–H groups in total. The fourth-order valence-corrected chi connectivity index (χ4v) is 4.72. The van der Waals surface area contributed by atoms with Crippen molar-refractivity contribution in [1.82, 2.24) is 4.57 Å². The van der Waals surface area contributed by atoms with Crippen molar-refractivity contribution in [2.75, 3.05) is 17.2 Å². The van der Waals surface area contributed by atoms with Gasteiger partial charge in [0.1, 0.15) is 10.6 Å². The second kappa shape index (κ2) is 9.18. The van der Waals surface area contributed by atoms with E-state index in [9.17, 15) is 4.79 Å². The first kappa shape index (κ1) is 20.2. The van der Waals surface area contributed by atoms with Crippen LogP contribution >= 0.6 is 11.3 Å². The molecule has 2 heterocycles. The number of aryl methyl sites for hydroxylation is 1. The van der Waals surface area contributed by atoms with E-state index in [1.165, 1.54) is 12.8 Å². The minimum atomic E-state index is 0.0347. The van der Waals surface area contributed by atoms with Crippen LogP contribution in [0.15, 0.2) is 70.8 Å². The van der Waals surface area contributed by atoms with Gasteiger partial charge in [-0.15, -0.1) is 11.3 Å². The lowest BCUT2D eigenvalue weighted by Crippen LogP contribution is -2.13. The number of nitrogens with zero attached hydrogens (tertiary/aromatic N) is 1. The fraction of sp³-hybridized carbons (Fsp3) is 0.240. The standard InChI is InChI=1S/C25H27N3OS/c1-3-4-10-15-26-20-17-30-25-24(20)22(29)16-23(27-19-12-6-5-7-13-19)28(25)21-14-9-8-11-18(21)2/h5-9,11-14,16-17,26-27H,3-4,10,15H2,1-2H3. The molecular weight excluding hydrogens is 390 g/mol. The molecule has 0 saturated heterocycles. The lowest BCUT2D eigenvalue weighted by Gasteiger charge is -2.18. The van der Waals surface area contributed by atoms with Gasteiger partial charge >= 0.3 is 0 Å². The maximum Gasteiger partial charge on any atom is 0.194 e. The zero-order chi connectivity index (χ0) is 20.9. The molecule has 0 bridgehead atoms. The van der Waals surface area contributed by atoms with E-state index in [1.807, 2.05) is 42.5 Å². The first-order chi connectivity index (χ1) is 14.7. The number of nitrogens with one attached hydrogen (secondary N) is 2. The number of pyridine rings is 1. The Morgan fingerprint density at radius 2 is 1.77 bits per heavy atom. The average Bonchev–Trinajstić information content (AvgIpc) is 3.17. The Morgan fingerprint density at radius 1 is 1.00 bits per heavy atom. The fourth-order valence-electron chi connectivity index (χ4n) is 3.66. The number of benzene rings is 2. The van der Waals surface area contributed by atoms with Gasteiger partial charge in [-0.05, 0) is 37.1 Å². The van der Waals surface area contributed by atoms with Crippen LogP contribution in [0.3, 0.4) is 0 Å². The second-order valence-corrected chi connectivity index (χ2v) is 8.33. The smallest absolute Gasteiger partial charge is 0.194 e. The molecule has 0 amide bonds. The largest absolute Gasteiger partial charge is 0.384 e. The Balaban J connectivity index is 1.86. The molecule has 5 heteroatoms. The van der Waals surface area contributed by atoms with Crippen LogP contribution in [-0.4, -0.2) is 11.1 Å². The molecule has 0 aliphatic carbocycles. The van der Waals surface area contributed by atoms with Crippen molar-refractivity contribution >= 4 is 38.7 Å². The number of unbranched alkanes of at least 4 members (excludes halogenated alkanes) is 2. The van der Waals surface area contributed by atoms with E-state index < -0.39 is 0 Å². The van der Waals surface area contributed by atoms with E-state index in [0.29, 0.717) is 0 Å². The molecule has 0 fully saturated rings. The molecule has 0 spiro atoms. The number of hydrogen-bond acceptors (Lipinski definition) is 4. The summed E-state index contributed by atoms with van der Waals surface area (Å²) < 4.78 is 2.17. The Hall–Kier alpha value is -3.05. The van der Waals surface area contributed by atoms with E-state index in [0.717, 1.165) is 51.6 Å². The molecule has 0 aliphatic rings. The molecule has 4 aromatic rings. The lowest BCUT2D eigenvalue weighted by atomic mass is 10.2. The van der Waals surface area contributed by atoms with E-state index in [1.54, 1.807) is 17.4 Å². The van der Waals surface area contributed by atoms with E-state index >= 15 is 0 Å². The second-order valence-electron chi connectivity index (χ2n) is 7.47. The maximum atomic E-state index is 13.1. The average molecular weight is 418 g/mol. The molecule has 2 aromatic carbocycles. The summed E-state index contributed by atoms with van der Waals surface area (Å²) >= 11 is 1.61. The minimum Gasteiger partial charge on any atom is -0.384 e. The number of rotatable bonds is 8. The number of anilines is 3. The van der Waals surface area contributed by atoms with Gasteiger partial charge in [-0.2, -0.15) is 0 Å². The van der Waals surface area contributed by atoms with Crippen LogP contribution in [0.4, 0.5) is 17.2 Å². The molecule has 0 atom stereocenters. The number of hydrogen-bond donors (Lipinski definition) is 2. The van der Waals surface area contributed by atoms with Crippen LogP contribution in [0, 0.1) is 6.92 Å². The van der Waals surface area contributed by atoms with E-state index in [-0.39, 0.29) is 5.43 Å². The van der Waals surface area contributed by atoms with Gasteiger partial charge in [0, 0.05) is 23.7 Å². The van der Waals surface area contributed by atoms with Crippen molar-refractivity contribution in [3.8, 4) is 5.69 Å². The highest BCUT2D eigenvalue weighted by atomic mass is 32.1. The van der Waals surface area contributed by atoms with Crippen molar-refractivity contribution in [2.45, 2.75) is 33.1 Å². The highest BCUT2D eigenvalue weighted by Crippen LogP contribution is 2.34. The van der Waals surface area contributed by atoms with Gasteiger partial charge in [0.15, 0.2) is 5.43 Å². The summed E-state index contributed by atoms with van der Waals surface area (Å²) in [5, 5.41) is 9.76. The summed E-state index contributed by atoms with van der Waals surface area (Å²) in [6.07, 6.45) is 3.47. The summed E-state index contributed by atoms with van der Waals surface area (Å²) in [4.78, 5) is 14.1. The quantitative estimate of drug-likeness (QED) is 0.313. The predicted molar refractivity (Wildman–Crippen MR) is 130 cm³/mol. The summed E-state index contributed by atoms with van der Waals surface area (Å²) in [7, 11) is 0. The van der Waals surface area contributed by atoms with Crippen LogP contribution in [0.25, 0.3) is 15.9 Å². The zero-order valence-electron chi connectivity index (χ0n) is 17.4. The number of fused-ring (bicyclic) bond motifs is 1. The Bertz CT molecular complexity index is 1190. The monoisotopic (exact) mass is 417 g/mol. The highest BCUT2D eigenvalue weighted by molar-refractivity contribution is 7.17. The molecule has 4 nitrogen and oxygen atoms in total. The number of aromatic nitrogens is 1. The van der Waals surface area contributed by atoms with Crippen molar-refractivity contribution in [1.29, 1.82) is 0 Å². The Labute approximate surface area is 181 Å². The van der Waals surface area contributed by atoms with Crippen molar-refractivity contribution in [3.63, 3.8) is 0 Å². The summed E-state index contributed by atoms with van der Waals surface area (Å²) in [6.45, 7) is 5.18. The van der Waals surface area contributed by atoms with Gasteiger partial charge in [0.05, 0.1) is 16.8 Å². The Morgan fingerprint density at radius 3 is 2.53 bits per heavy atom. The zero-order valence-corrected chi connectivity index (χ0v) is 18.3. The lowest BCUT2D eigenvalue weighted by molar-refractivity contribution is 0.744. The van der Waals surface area contributed by atoms with Crippen LogP contribution in [0.1, 0.15) is 31.7 Å². The SMILES string of the molecule is CCCCCNc1csc2c1c(=O)cc(Nc1ccccc1)n2-c1ccccc1C. The molecule has 30 heavy (non-hydrogen) atoms. The Kier molecular flexibility index (Phi) is 6.19. The third-order valence-corrected chi connectivity index (χ3v) is 6.19. The van der Waals surface area contributed by atoms with Crippen LogP contribution in [0.2, 0.25) is 0 Å². The molecule has 0 aliphatic heterocycles. The predicted octanol–water partition coefficient (Wildman–Crippen LogP) is 6.71. The van der Waals surface area contributed by atoms with Gasteiger partial charge in [-0.3, -0.25) is 9.36 Å². The van der Waals surface area contributed by atoms with Crippen LogP contribution in [0.5, 0.6) is 0 Å². The van der Waals surface area contributed by atoms with Gasteiger partial charge in [0.2, 0.25) is 0 Å².